The molecule has 0 saturated carbocycles. The van der Waals surface area contributed by atoms with Crippen molar-refractivity contribution < 1.29 is 19.8 Å². The number of hydrogen-bond donors (Lipinski definition) is 2. The highest BCUT2D eigenvalue weighted by molar-refractivity contribution is 5.90. The Morgan fingerprint density at radius 1 is 1.05 bits per heavy atom. The molecule has 126 valence electrons. The van der Waals surface area contributed by atoms with Gasteiger partial charge in [0, 0.05) is 11.1 Å². The van der Waals surface area contributed by atoms with Crippen molar-refractivity contribution in [3.8, 4) is 0 Å². The first kappa shape index (κ1) is 20.4. The van der Waals surface area contributed by atoms with Crippen LogP contribution in [0, 0.1) is 11.3 Å². The van der Waals surface area contributed by atoms with Gasteiger partial charge in [0.05, 0.1) is 0 Å². The van der Waals surface area contributed by atoms with E-state index in [2.05, 4.69) is 13.8 Å². The van der Waals surface area contributed by atoms with Crippen LogP contribution in [0.1, 0.15) is 66.7 Å². The summed E-state index contributed by atoms with van der Waals surface area (Å²) in [6.07, 6.45) is 7.51. The van der Waals surface area contributed by atoms with E-state index in [1.54, 1.807) is 20.8 Å². The highest BCUT2D eigenvalue weighted by Gasteiger charge is 2.23. The maximum atomic E-state index is 11.4. The molecular weight excluding hydrogens is 280 g/mol. The summed E-state index contributed by atoms with van der Waals surface area (Å²) < 4.78 is 0. The fourth-order valence-electron chi connectivity index (χ4n) is 2.31. The van der Waals surface area contributed by atoms with Gasteiger partial charge in [0.2, 0.25) is 0 Å². The molecule has 0 fully saturated rings. The van der Waals surface area contributed by atoms with E-state index in [0.717, 1.165) is 25.7 Å². The molecule has 0 aromatic heterocycles. The van der Waals surface area contributed by atoms with Crippen molar-refractivity contribution in [1.29, 1.82) is 0 Å². The van der Waals surface area contributed by atoms with Gasteiger partial charge < -0.3 is 10.2 Å². The van der Waals surface area contributed by atoms with E-state index < -0.39 is 17.4 Å². The Hall–Kier alpha value is -1.58. The maximum Gasteiger partial charge on any atom is 0.332 e. The van der Waals surface area contributed by atoms with E-state index in [1.807, 2.05) is 0 Å². The SMILES string of the molecule is CCCCC(CC)CC(=CC=C(C(=O)O)C(C)(C)C)C(=O)O. The highest BCUT2D eigenvalue weighted by atomic mass is 16.4. The lowest BCUT2D eigenvalue weighted by molar-refractivity contribution is -0.134. The molecule has 0 aliphatic rings. The van der Waals surface area contributed by atoms with Gasteiger partial charge in [-0.25, -0.2) is 9.59 Å². The van der Waals surface area contributed by atoms with Crippen LogP contribution in [-0.4, -0.2) is 22.2 Å². The van der Waals surface area contributed by atoms with Gasteiger partial charge >= 0.3 is 11.9 Å². The summed E-state index contributed by atoms with van der Waals surface area (Å²) in [5.41, 5.74) is -0.0306. The summed E-state index contributed by atoms with van der Waals surface area (Å²) in [4.78, 5) is 22.7. The average molecular weight is 310 g/mol. The van der Waals surface area contributed by atoms with Crippen molar-refractivity contribution in [2.45, 2.75) is 66.7 Å². The third kappa shape index (κ3) is 7.43. The summed E-state index contributed by atoms with van der Waals surface area (Å²) >= 11 is 0. The van der Waals surface area contributed by atoms with Gasteiger partial charge in [-0.2, -0.15) is 0 Å². The van der Waals surface area contributed by atoms with Crippen LogP contribution in [0.25, 0.3) is 0 Å². The van der Waals surface area contributed by atoms with Crippen LogP contribution >= 0.6 is 0 Å². The molecule has 0 radical (unpaired) electrons. The van der Waals surface area contributed by atoms with Gasteiger partial charge in [0.15, 0.2) is 0 Å². The standard InChI is InChI=1S/C18H30O4/c1-6-8-9-13(7-2)12-14(16(19)20)10-11-15(17(21)22)18(3,4)5/h10-11,13H,6-9,12H2,1-5H3,(H,19,20)(H,21,22). The second-order valence-electron chi connectivity index (χ2n) is 6.75. The van der Waals surface area contributed by atoms with Crippen molar-refractivity contribution in [1.82, 2.24) is 0 Å². The van der Waals surface area contributed by atoms with Crippen molar-refractivity contribution in [3.63, 3.8) is 0 Å². The Morgan fingerprint density at radius 2 is 1.64 bits per heavy atom. The lowest BCUT2D eigenvalue weighted by Gasteiger charge is -2.19. The molecule has 0 amide bonds. The Kier molecular flexibility index (Phi) is 8.76. The lowest BCUT2D eigenvalue weighted by Crippen LogP contribution is -2.17. The van der Waals surface area contributed by atoms with Gasteiger partial charge in [0.25, 0.3) is 0 Å². The second-order valence-corrected chi connectivity index (χ2v) is 6.75. The molecular formula is C18H30O4. The van der Waals surface area contributed by atoms with E-state index in [9.17, 15) is 19.8 Å². The monoisotopic (exact) mass is 310 g/mol. The summed E-state index contributed by atoms with van der Waals surface area (Å²) in [5, 5.41) is 18.6. The minimum atomic E-state index is -1.01. The normalized spacial score (nSPS) is 14.8. The number of carbonyl (C=O) groups is 2. The summed E-state index contributed by atoms with van der Waals surface area (Å²) in [7, 11) is 0. The number of hydrogen-bond acceptors (Lipinski definition) is 2. The maximum absolute atomic E-state index is 11.4. The van der Waals surface area contributed by atoms with Crippen molar-refractivity contribution in [2.75, 3.05) is 0 Å². The zero-order chi connectivity index (χ0) is 17.3. The highest BCUT2D eigenvalue weighted by Crippen LogP contribution is 2.26. The van der Waals surface area contributed by atoms with Gasteiger partial charge in [-0.1, -0.05) is 72.5 Å². The number of rotatable bonds is 9. The molecule has 0 aromatic rings. The van der Waals surface area contributed by atoms with Crippen LogP contribution in [0.15, 0.2) is 23.3 Å². The third-order valence-electron chi connectivity index (χ3n) is 3.82. The number of carboxylic acid groups (broad SMARTS) is 2. The Balaban J connectivity index is 5.31. The lowest BCUT2D eigenvalue weighted by atomic mass is 9.85. The largest absolute Gasteiger partial charge is 0.478 e. The van der Waals surface area contributed by atoms with Crippen LogP contribution in [0.4, 0.5) is 0 Å². The van der Waals surface area contributed by atoms with Gasteiger partial charge in [-0.05, 0) is 17.8 Å². The van der Waals surface area contributed by atoms with Crippen molar-refractivity contribution in [3.05, 3.63) is 23.3 Å². The van der Waals surface area contributed by atoms with Gasteiger partial charge in [-0.3, -0.25) is 0 Å². The van der Waals surface area contributed by atoms with Crippen molar-refractivity contribution >= 4 is 11.9 Å². The molecule has 0 aliphatic heterocycles. The molecule has 0 aromatic carbocycles. The van der Waals surface area contributed by atoms with Gasteiger partial charge in [-0.15, -0.1) is 0 Å². The number of aliphatic carboxylic acids is 2. The number of unbranched alkanes of at least 4 members (excludes halogenated alkanes) is 1. The second kappa shape index (κ2) is 9.44. The molecule has 1 unspecified atom stereocenters. The topological polar surface area (TPSA) is 74.6 Å². The molecule has 1 atom stereocenters. The third-order valence-corrected chi connectivity index (χ3v) is 3.82. The van der Waals surface area contributed by atoms with Crippen LogP contribution in [-0.2, 0) is 9.59 Å². The predicted octanol–water partition coefficient (Wildman–Crippen LogP) is 4.66. The van der Waals surface area contributed by atoms with Crippen LogP contribution < -0.4 is 0 Å². The predicted molar refractivity (Wildman–Crippen MR) is 88.8 cm³/mol. The van der Waals surface area contributed by atoms with E-state index >= 15 is 0 Å². The van der Waals surface area contributed by atoms with Crippen LogP contribution in [0.3, 0.4) is 0 Å². The van der Waals surface area contributed by atoms with E-state index in [-0.39, 0.29) is 11.1 Å². The first-order valence-electron chi connectivity index (χ1n) is 8.01. The molecule has 0 rings (SSSR count). The zero-order valence-corrected chi connectivity index (χ0v) is 14.5. The van der Waals surface area contributed by atoms with E-state index in [4.69, 9.17) is 0 Å². The smallest absolute Gasteiger partial charge is 0.332 e. The average Bonchev–Trinajstić information content (AvgIpc) is 2.39. The van der Waals surface area contributed by atoms with E-state index in [1.165, 1.54) is 12.2 Å². The van der Waals surface area contributed by atoms with Crippen molar-refractivity contribution in [2.24, 2.45) is 11.3 Å². The Morgan fingerprint density at radius 3 is 2.00 bits per heavy atom. The fourth-order valence-corrected chi connectivity index (χ4v) is 2.31. The first-order chi connectivity index (χ1) is 10.1. The quantitative estimate of drug-likeness (QED) is 0.480. The summed E-state index contributed by atoms with van der Waals surface area (Å²) in [6.45, 7) is 9.59. The number of allylic oxidation sites excluding steroid dienone is 2. The Bertz CT molecular complexity index is 438. The molecule has 0 aliphatic carbocycles. The summed E-state index contributed by atoms with van der Waals surface area (Å²) in [6, 6.07) is 0. The Labute approximate surface area is 133 Å². The summed E-state index contributed by atoms with van der Waals surface area (Å²) in [5.74, 6) is -1.64. The molecule has 0 saturated heterocycles. The molecule has 0 bridgehead atoms. The molecule has 0 spiro atoms. The first-order valence-corrected chi connectivity index (χ1v) is 8.01. The van der Waals surface area contributed by atoms with Gasteiger partial charge in [0.1, 0.15) is 0 Å². The molecule has 2 N–H and O–H groups in total. The van der Waals surface area contributed by atoms with Crippen LogP contribution in [0.5, 0.6) is 0 Å². The molecule has 4 nitrogen and oxygen atoms in total. The van der Waals surface area contributed by atoms with Crippen LogP contribution in [0.2, 0.25) is 0 Å². The van der Waals surface area contributed by atoms with E-state index in [0.29, 0.717) is 12.3 Å². The molecule has 0 heterocycles. The fraction of sp³-hybridized carbons (Fsp3) is 0.667. The minimum Gasteiger partial charge on any atom is -0.478 e. The number of carboxylic acids is 2. The zero-order valence-electron chi connectivity index (χ0n) is 14.5. The minimum absolute atomic E-state index is 0.216. The molecule has 22 heavy (non-hydrogen) atoms. The molecule has 4 heteroatoms.